The highest BCUT2D eigenvalue weighted by Gasteiger charge is 2.10. The molecule has 0 saturated carbocycles. The summed E-state index contributed by atoms with van der Waals surface area (Å²) in [5.41, 5.74) is 1.99. The van der Waals surface area contributed by atoms with Gasteiger partial charge in [-0.3, -0.25) is 4.68 Å². The van der Waals surface area contributed by atoms with Crippen molar-refractivity contribution in [2.45, 2.75) is 33.2 Å². The minimum atomic E-state index is 0.663. The zero-order valence-electron chi connectivity index (χ0n) is 9.13. The number of halogens is 2. The number of aromatic nitrogens is 2. The van der Waals surface area contributed by atoms with Crippen LogP contribution in [0.15, 0.2) is 12.2 Å². The lowest BCUT2D eigenvalue weighted by atomic mass is 10.2. The van der Waals surface area contributed by atoms with E-state index in [0.29, 0.717) is 5.88 Å². The third kappa shape index (κ3) is 3.25. The number of rotatable bonds is 5. The molecule has 0 aromatic carbocycles. The maximum atomic E-state index is 6.16. The van der Waals surface area contributed by atoms with E-state index in [9.17, 15) is 0 Å². The molecule has 1 aromatic rings. The van der Waals surface area contributed by atoms with E-state index in [-0.39, 0.29) is 0 Å². The summed E-state index contributed by atoms with van der Waals surface area (Å²) in [6.45, 7) is 4.85. The van der Waals surface area contributed by atoms with Crippen molar-refractivity contribution in [2.75, 3.05) is 5.88 Å². The lowest BCUT2D eigenvalue weighted by Gasteiger charge is -2.01. The van der Waals surface area contributed by atoms with Crippen LogP contribution >= 0.6 is 23.2 Å². The zero-order valence-corrected chi connectivity index (χ0v) is 10.6. The van der Waals surface area contributed by atoms with E-state index in [1.54, 1.807) is 0 Å². The van der Waals surface area contributed by atoms with Crippen molar-refractivity contribution >= 4 is 23.2 Å². The Bertz CT molecular complexity index is 343. The predicted molar refractivity (Wildman–Crippen MR) is 65.8 cm³/mol. The van der Waals surface area contributed by atoms with Crippen molar-refractivity contribution in [3.63, 3.8) is 0 Å². The maximum Gasteiger partial charge on any atom is 0.0850 e. The standard InChI is InChI=1S/C11H16Cl2N2/c1-3-15-10(7-5-4-6-8-12)11(13)9(2)14-15/h4-5H,3,6-8H2,1-2H3. The normalized spacial score (nSPS) is 11.5. The van der Waals surface area contributed by atoms with Crippen LogP contribution in [0.2, 0.25) is 5.02 Å². The molecular formula is C11H16Cl2N2. The summed E-state index contributed by atoms with van der Waals surface area (Å²) in [7, 11) is 0. The number of hydrogen-bond donors (Lipinski definition) is 0. The summed E-state index contributed by atoms with van der Waals surface area (Å²) >= 11 is 11.7. The predicted octanol–water partition coefficient (Wildman–Crippen LogP) is 3.59. The largest absolute Gasteiger partial charge is 0.268 e. The van der Waals surface area contributed by atoms with Crippen molar-refractivity contribution in [3.05, 3.63) is 28.6 Å². The van der Waals surface area contributed by atoms with Crippen molar-refractivity contribution in [2.24, 2.45) is 0 Å². The second-order valence-electron chi connectivity index (χ2n) is 3.32. The topological polar surface area (TPSA) is 17.8 Å². The third-order valence-corrected chi connectivity index (χ3v) is 2.92. The number of alkyl halides is 1. The Morgan fingerprint density at radius 2 is 2.13 bits per heavy atom. The summed E-state index contributed by atoms with van der Waals surface area (Å²) in [6, 6.07) is 0. The first-order chi connectivity index (χ1) is 7.20. The Hall–Kier alpha value is -0.470. The first-order valence-electron chi connectivity index (χ1n) is 5.13. The molecule has 1 heterocycles. The molecule has 0 bridgehead atoms. The Balaban J connectivity index is 2.74. The van der Waals surface area contributed by atoms with Gasteiger partial charge in [0.25, 0.3) is 0 Å². The van der Waals surface area contributed by atoms with Crippen LogP contribution in [0.5, 0.6) is 0 Å². The molecule has 0 amide bonds. The van der Waals surface area contributed by atoms with Crippen LogP contribution in [0.3, 0.4) is 0 Å². The molecule has 0 unspecified atom stereocenters. The van der Waals surface area contributed by atoms with Crippen LogP contribution in [-0.4, -0.2) is 15.7 Å². The fourth-order valence-electron chi connectivity index (χ4n) is 1.44. The van der Waals surface area contributed by atoms with E-state index in [1.807, 2.05) is 11.6 Å². The number of aryl methyl sites for hydroxylation is 2. The van der Waals surface area contributed by atoms with Gasteiger partial charge in [0.05, 0.1) is 16.4 Å². The highest BCUT2D eigenvalue weighted by Crippen LogP contribution is 2.20. The lowest BCUT2D eigenvalue weighted by molar-refractivity contribution is 0.626. The summed E-state index contributed by atoms with van der Waals surface area (Å²) in [5, 5.41) is 5.14. The molecule has 0 atom stereocenters. The molecule has 0 N–H and O–H groups in total. The quantitative estimate of drug-likeness (QED) is 0.574. The average Bonchev–Trinajstić information content (AvgIpc) is 2.51. The van der Waals surface area contributed by atoms with E-state index in [0.717, 1.165) is 35.8 Å². The first-order valence-corrected chi connectivity index (χ1v) is 6.04. The van der Waals surface area contributed by atoms with Crippen molar-refractivity contribution in [3.8, 4) is 0 Å². The van der Waals surface area contributed by atoms with Crippen LogP contribution < -0.4 is 0 Å². The molecule has 0 saturated heterocycles. The van der Waals surface area contributed by atoms with Gasteiger partial charge in [-0.25, -0.2) is 0 Å². The maximum absolute atomic E-state index is 6.16. The van der Waals surface area contributed by atoms with Crippen LogP contribution in [0.25, 0.3) is 0 Å². The molecule has 0 aliphatic carbocycles. The van der Waals surface area contributed by atoms with Crippen molar-refractivity contribution in [1.29, 1.82) is 0 Å². The van der Waals surface area contributed by atoms with E-state index in [4.69, 9.17) is 23.2 Å². The first kappa shape index (κ1) is 12.6. The Kier molecular flexibility index (Phi) is 5.20. The van der Waals surface area contributed by atoms with Gasteiger partial charge in [-0.1, -0.05) is 23.8 Å². The van der Waals surface area contributed by atoms with Crippen molar-refractivity contribution < 1.29 is 0 Å². The van der Waals surface area contributed by atoms with Crippen LogP contribution in [0.4, 0.5) is 0 Å². The molecule has 0 spiro atoms. The highest BCUT2D eigenvalue weighted by atomic mass is 35.5. The number of nitrogens with zero attached hydrogens (tertiary/aromatic N) is 2. The molecule has 4 heteroatoms. The highest BCUT2D eigenvalue weighted by molar-refractivity contribution is 6.31. The van der Waals surface area contributed by atoms with E-state index in [1.165, 1.54) is 0 Å². The smallest absolute Gasteiger partial charge is 0.0850 e. The summed E-state index contributed by atoms with van der Waals surface area (Å²) in [5.74, 6) is 0.663. The van der Waals surface area contributed by atoms with Crippen LogP contribution in [0.1, 0.15) is 24.7 Å². The molecule has 1 rings (SSSR count). The van der Waals surface area contributed by atoms with Crippen LogP contribution in [-0.2, 0) is 13.0 Å². The average molecular weight is 247 g/mol. The van der Waals surface area contributed by atoms with E-state index >= 15 is 0 Å². The van der Waals surface area contributed by atoms with Gasteiger partial charge in [-0.05, 0) is 20.3 Å². The van der Waals surface area contributed by atoms with Gasteiger partial charge in [-0.15, -0.1) is 11.6 Å². The second-order valence-corrected chi connectivity index (χ2v) is 4.07. The monoisotopic (exact) mass is 246 g/mol. The summed E-state index contributed by atoms with van der Waals surface area (Å²) in [6.07, 6.45) is 5.89. The molecule has 1 aromatic heterocycles. The molecule has 15 heavy (non-hydrogen) atoms. The molecule has 0 radical (unpaired) electrons. The SMILES string of the molecule is CCn1nc(C)c(Cl)c1CC=CCCCl. The molecule has 84 valence electrons. The fraction of sp³-hybridized carbons (Fsp3) is 0.545. The van der Waals surface area contributed by atoms with Gasteiger partial charge >= 0.3 is 0 Å². The Morgan fingerprint density at radius 3 is 2.73 bits per heavy atom. The zero-order chi connectivity index (χ0) is 11.3. The second kappa shape index (κ2) is 6.19. The van der Waals surface area contributed by atoms with Gasteiger partial charge in [0.1, 0.15) is 0 Å². The van der Waals surface area contributed by atoms with Gasteiger partial charge in [-0.2, -0.15) is 5.10 Å². The molecular weight excluding hydrogens is 231 g/mol. The Morgan fingerprint density at radius 1 is 1.40 bits per heavy atom. The minimum Gasteiger partial charge on any atom is -0.268 e. The molecule has 2 nitrogen and oxygen atoms in total. The van der Waals surface area contributed by atoms with Crippen molar-refractivity contribution in [1.82, 2.24) is 9.78 Å². The lowest BCUT2D eigenvalue weighted by Crippen LogP contribution is -2.01. The number of allylic oxidation sites excluding steroid dienone is 2. The van der Waals surface area contributed by atoms with E-state index in [2.05, 4.69) is 24.2 Å². The summed E-state index contributed by atoms with van der Waals surface area (Å²) < 4.78 is 1.95. The summed E-state index contributed by atoms with van der Waals surface area (Å²) in [4.78, 5) is 0. The van der Waals surface area contributed by atoms with Gasteiger partial charge in [0.2, 0.25) is 0 Å². The van der Waals surface area contributed by atoms with Gasteiger partial charge < -0.3 is 0 Å². The number of hydrogen-bond acceptors (Lipinski definition) is 1. The molecule has 0 fully saturated rings. The molecule has 0 aliphatic heterocycles. The molecule has 0 aliphatic rings. The van der Waals surface area contributed by atoms with Gasteiger partial charge in [0, 0.05) is 18.8 Å². The third-order valence-electron chi connectivity index (χ3n) is 2.21. The van der Waals surface area contributed by atoms with E-state index < -0.39 is 0 Å². The minimum absolute atomic E-state index is 0.663. The van der Waals surface area contributed by atoms with Crippen LogP contribution in [0, 0.1) is 6.92 Å². The fourth-order valence-corrected chi connectivity index (χ4v) is 1.78. The Labute approximate surface area is 101 Å². The van der Waals surface area contributed by atoms with Gasteiger partial charge in [0.15, 0.2) is 0 Å².